The van der Waals surface area contributed by atoms with Gasteiger partial charge < -0.3 is 9.47 Å². The molecule has 1 heterocycles. The number of nitro groups is 1. The molecule has 0 amide bonds. The molecule has 0 aromatic heterocycles. The molecule has 0 atom stereocenters. The van der Waals surface area contributed by atoms with Crippen LogP contribution in [-0.2, 0) is 9.47 Å². The average molecular weight is 117 g/mol. The Bertz CT molecular complexity index is 123. The Morgan fingerprint density at radius 2 is 2.00 bits per heavy atom. The highest BCUT2D eigenvalue weighted by molar-refractivity contribution is 4.65. The Kier molecular flexibility index (Phi) is 1.03. The molecular formula is C3H3NO4. The second-order valence-corrected chi connectivity index (χ2v) is 1.14. The largest absolute Gasteiger partial charge is 0.516 e. The van der Waals surface area contributed by atoms with Crippen molar-refractivity contribution in [1.82, 2.24) is 0 Å². The molecule has 5 heteroatoms. The van der Waals surface area contributed by atoms with Crippen molar-refractivity contribution in [2.24, 2.45) is 0 Å². The Balaban J connectivity index is 2.41. The van der Waals surface area contributed by atoms with E-state index >= 15 is 0 Å². The Hall–Kier alpha value is -1.26. The predicted molar refractivity (Wildman–Crippen MR) is 22.1 cm³/mol. The molecule has 0 fully saturated rings. The summed E-state index contributed by atoms with van der Waals surface area (Å²) < 4.78 is 8.62. The summed E-state index contributed by atoms with van der Waals surface area (Å²) in [5, 5.41) is 9.72. The highest BCUT2D eigenvalue weighted by Gasteiger charge is 2.23. The topological polar surface area (TPSA) is 61.6 Å². The molecule has 1 aliphatic heterocycles. The average Bonchev–Trinajstić information content (AvgIpc) is 2.12. The van der Waals surface area contributed by atoms with Crippen LogP contribution in [0.4, 0.5) is 0 Å². The van der Waals surface area contributed by atoms with Crippen molar-refractivity contribution in [2.45, 2.75) is 6.41 Å². The first-order chi connectivity index (χ1) is 3.80. The SMILES string of the molecule is O=[N+]([O-])C1OC=CO1. The zero-order valence-electron chi connectivity index (χ0n) is 3.81. The molecule has 0 radical (unpaired) electrons. The van der Waals surface area contributed by atoms with Gasteiger partial charge in [-0.15, -0.1) is 0 Å². The van der Waals surface area contributed by atoms with E-state index in [9.17, 15) is 10.1 Å². The zero-order valence-corrected chi connectivity index (χ0v) is 3.81. The monoisotopic (exact) mass is 117 g/mol. The van der Waals surface area contributed by atoms with Crippen LogP contribution in [0.15, 0.2) is 12.5 Å². The molecular weight excluding hydrogens is 114 g/mol. The lowest BCUT2D eigenvalue weighted by Gasteiger charge is -1.97. The van der Waals surface area contributed by atoms with Crippen LogP contribution in [0, 0.1) is 10.1 Å². The lowest BCUT2D eigenvalue weighted by molar-refractivity contribution is -0.614. The minimum Gasteiger partial charge on any atom is -0.403 e. The molecule has 0 aliphatic carbocycles. The van der Waals surface area contributed by atoms with E-state index < -0.39 is 11.3 Å². The van der Waals surface area contributed by atoms with Crippen molar-refractivity contribution >= 4 is 0 Å². The van der Waals surface area contributed by atoms with Gasteiger partial charge >= 0.3 is 6.41 Å². The van der Waals surface area contributed by atoms with Gasteiger partial charge in [-0.05, 0) is 0 Å². The van der Waals surface area contributed by atoms with E-state index in [4.69, 9.17) is 0 Å². The van der Waals surface area contributed by atoms with Gasteiger partial charge in [-0.3, -0.25) is 10.1 Å². The van der Waals surface area contributed by atoms with Gasteiger partial charge in [0.05, 0.1) is 0 Å². The number of hydrogen-bond acceptors (Lipinski definition) is 4. The fourth-order valence-electron chi connectivity index (χ4n) is 0.330. The molecule has 0 aromatic rings. The molecule has 0 N–H and O–H groups in total. The van der Waals surface area contributed by atoms with Gasteiger partial charge in [-0.1, -0.05) is 0 Å². The Labute approximate surface area is 44.7 Å². The number of nitrogens with zero attached hydrogens (tertiary/aromatic N) is 1. The van der Waals surface area contributed by atoms with E-state index in [0.717, 1.165) is 12.5 Å². The van der Waals surface area contributed by atoms with E-state index in [-0.39, 0.29) is 0 Å². The second-order valence-electron chi connectivity index (χ2n) is 1.14. The van der Waals surface area contributed by atoms with Crippen LogP contribution in [-0.4, -0.2) is 11.3 Å². The maximum absolute atomic E-state index is 9.72. The van der Waals surface area contributed by atoms with E-state index in [1.165, 1.54) is 0 Å². The highest BCUT2D eigenvalue weighted by Crippen LogP contribution is 2.03. The molecule has 1 rings (SSSR count). The molecule has 0 saturated carbocycles. The first-order valence-corrected chi connectivity index (χ1v) is 1.90. The van der Waals surface area contributed by atoms with Crippen LogP contribution in [0.25, 0.3) is 0 Å². The molecule has 8 heavy (non-hydrogen) atoms. The number of rotatable bonds is 1. The number of hydrogen-bond donors (Lipinski definition) is 0. The first kappa shape index (κ1) is 4.89. The maximum Gasteiger partial charge on any atom is 0.516 e. The minimum atomic E-state index is -1.32. The summed E-state index contributed by atoms with van der Waals surface area (Å²) >= 11 is 0. The zero-order chi connectivity index (χ0) is 5.98. The summed E-state index contributed by atoms with van der Waals surface area (Å²) in [5.41, 5.74) is 0. The quantitative estimate of drug-likeness (QED) is 0.360. The van der Waals surface area contributed by atoms with Crippen LogP contribution in [0.2, 0.25) is 0 Å². The molecule has 0 saturated heterocycles. The summed E-state index contributed by atoms with van der Waals surface area (Å²) in [6.45, 7) is 0. The fraction of sp³-hybridized carbons (Fsp3) is 0.333. The van der Waals surface area contributed by atoms with Crippen molar-refractivity contribution in [3.05, 3.63) is 22.6 Å². The van der Waals surface area contributed by atoms with Crippen molar-refractivity contribution in [3.63, 3.8) is 0 Å². The fourth-order valence-corrected chi connectivity index (χ4v) is 0.330. The van der Waals surface area contributed by atoms with Crippen LogP contribution < -0.4 is 0 Å². The van der Waals surface area contributed by atoms with Crippen molar-refractivity contribution in [2.75, 3.05) is 0 Å². The van der Waals surface area contributed by atoms with Crippen LogP contribution in [0.3, 0.4) is 0 Å². The van der Waals surface area contributed by atoms with Crippen LogP contribution >= 0.6 is 0 Å². The van der Waals surface area contributed by atoms with Gasteiger partial charge in [-0.2, -0.15) is 0 Å². The van der Waals surface area contributed by atoms with Crippen molar-refractivity contribution in [1.29, 1.82) is 0 Å². The standard InChI is InChI=1S/C3H3NO4/c5-4(6)3-7-1-2-8-3/h1-3H. The molecule has 0 bridgehead atoms. The van der Waals surface area contributed by atoms with Crippen molar-refractivity contribution in [3.8, 4) is 0 Å². The summed E-state index contributed by atoms with van der Waals surface area (Å²) in [7, 11) is 0. The van der Waals surface area contributed by atoms with Crippen molar-refractivity contribution < 1.29 is 14.4 Å². The third kappa shape index (κ3) is 0.699. The Morgan fingerprint density at radius 1 is 1.50 bits per heavy atom. The van der Waals surface area contributed by atoms with Gasteiger partial charge in [-0.25, -0.2) is 0 Å². The van der Waals surface area contributed by atoms with E-state index in [1.807, 2.05) is 0 Å². The molecule has 0 unspecified atom stereocenters. The maximum atomic E-state index is 9.72. The number of ether oxygens (including phenoxy) is 2. The van der Waals surface area contributed by atoms with Gasteiger partial charge in [0.15, 0.2) is 0 Å². The molecule has 44 valence electrons. The molecule has 1 aliphatic rings. The molecule has 0 aromatic carbocycles. The summed E-state index contributed by atoms with van der Waals surface area (Å²) in [6, 6.07) is 0. The van der Waals surface area contributed by atoms with Gasteiger partial charge in [0, 0.05) is 0 Å². The second kappa shape index (κ2) is 1.69. The smallest absolute Gasteiger partial charge is 0.403 e. The highest BCUT2D eigenvalue weighted by atomic mass is 16.8. The van der Waals surface area contributed by atoms with Gasteiger partial charge in [0.1, 0.15) is 17.4 Å². The van der Waals surface area contributed by atoms with Crippen LogP contribution in [0.1, 0.15) is 0 Å². The molecule has 0 spiro atoms. The molecule has 5 nitrogen and oxygen atoms in total. The third-order valence-corrected chi connectivity index (χ3v) is 0.618. The third-order valence-electron chi connectivity index (χ3n) is 0.618. The van der Waals surface area contributed by atoms with Gasteiger partial charge in [0.2, 0.25) is 0 Å². The Morgan fingerprint density at radius 3 is 2.25 bits per heavy atom. The lowest BCUT2D eigenvalue weighted by atomic mass is 11.1. The van der Waals surface area contributed by atoms with E-state index in [1.54, 1.807) is 0 Å². The summed E-state index contributed by atoms with van der Waals surface area (Å²) in [6.07, 6.45) is 0.941. The minimum absolute atomic E-state index is 0.667. The van der Waals surface area contributed by atoms with E-state index in [0.29, 0.717) is 0 Å². The predicted octanol–water partition coefficient (Wildman–Crippen LogP) is 0.0647. The lowest BCUT2D eigenvalue weighted by Crippen LogP contribution is -2.18. The van der Waals surface area contributed by atoms with Gasteiger partial charge in [0.25, 0.3) is 0 Å². The first-order valence-electron chi connectivity index (χ1n) is 1.90. The van der Waals surface area contributed by atoms with E-state index in [2.05, 4.69) is 9.47 Å². The normalized spacial score (nSPS) is 17.5. The van der Waals surface area contributed by atoms with Crippen LogP contribution in [0.5, 0.6) is 0 Å². The summed E-state index contributed by atoms with van der Waals surface area (Å²) in [4.78, 5) is 9.05. The summed E-state index contributed by atoms with van der Waals surface area (Å²) in [5.74, 6) is 0.